The molecule has 20 heavy (non-hydrogen) atoms. The predicted molar refractivity (Wildman–Crippen MR) is 93.1 cm³/mol. The summed E-state index contributed by atoms with van der Waals surface area (Å²) in [5, 5.41) is 4.44. The molecule has 108 valence electrons. The second kappa shape index (κ2) is 7.08. The lowest BCUT2D eigenvalue weighted by Crippen LogP contribution is -2.24. The zero-order valence-electron chi connectivity index (χ0n) is 12.0. The van der Waals surface area contributed by atoms with Crippen LogP contribution in [0.5, 0.6) is 0 Å². The van der Waals surface area contributed by atoms with E-state index in [1.165, 1.54) is 25.4 Å². The number of halogens is 2. The summed E-state index contributed by atoms with van der Waals surface area (Å²) in [6, 6.07) is 8.54. The van der Waals surface area contributed by atoms with Gasteiger partial charge in [0.05, 0.1) is 9.83 Å². The van der Waals surface area contributed by atoms with Crippen LogP contribution in [-0.2, 0) is 0 Å². The van der Waals surface area contributed by atoms with Crippen LogP contribution < -0.4 is 5.32 Å². The molecule has 1 N–H and O–H groups in total. The number of aryl methyl sites for hydroxylation is 2. The third-order valence-electron chi connectivity index (χ3n) is 3.39. The predicted octanol–water partition coefficient (Wildman–Crippen LogP) is 5.87. The number of nitrogens with one attached hydrogen (secondary N) is 1. The Labute approximate surface area is 138 Å². The fourth-order valence-electron chi connectivity index (χ4n) is 2.34. The molecule has 0 amide bonds. The van der Waals surface area contributed by atoms with E-state index in [0.29, 0.717) is 0 Å². The summed E-state index contributed by atoms with van der Waals surface area (Å²) in [7, 11) is 0. The average molecular weight is 373 g/mol. The fourth-order valence-corrected chi connectivity index (χ4v) is 4.27. The molecule has 1 nitrogen and oxygen atoms in total. The number of hydrogen-bond acceptors (Lipinski definition) is 2. The Kier molecular flexibility index (Phi) is 5.67. The molecule has 0 radical (unpaired) electrons. The molecule has 0 saturated heterocycles. The van der Waals surface area contributed by atoms with Gasteiger partial charge in [0.15, 0.2) is 0 Å². The quantitative estimate of drug-likeness (QED) is 0.692. The maximum absolute atomic E-state index is 6.19. The van der Waals surface area contributed by atoms with Crippen LogP contribution >= 0.6 is 38.9 Å². The standard InChI is InChI=1S/C16H19BrClNS/c1-4-7-19-16(14-9-15(17)20-11(14)3)13-8-12(18)6-5-10(13)2/h5-6,8-9,16,19H,4,7H2,1-3H3. The van der Waals surface area contributed by atoms with Crippen molar-refractivity contribution in [2.24, 2.45) is 0 Å². The fraction of sp³-hybridized carbons (Fsp3) is 0.375. The van der Waals surface area contributed by atoms with E-state index >= 15 is 0 Å². The van der Waals surface area contributed by atoms with Crippen molar-refractivity contribution in [2.45, 2.75) is 33.2 Å². The first-order chi connectivity index (χ1) is 9.52. The molecule has 1 unspecified atom stereocenters. The van der Waals surface area contributed by atoms with Crippen molar-refractivity contribution in [1.82, 2.24) is 5.32 Å². The summed E-state index contributed by atoms with van der Waals surface area (Å²) < 4.78 is 1.17. The molecule has 4 heteroatoms. The van der Waals surface area contributed by atoms with Gasteiger partial charge in [-0.3, -0.25) is 0 Å². The van der Waals surface area contributed by atoms with Gasteiger partial charge in [0.25, 0.3) is 0 Å². The monoisotopic (exact) mass is 371 g/mol. The molecule has 1 atom stereocenters. The van der Waals surface area contributed by atoms with Crippen LogP contribution in [0.3, 0.4) is 0 Å². The maximum atomic E-state index is 6.19. The van der Waals surface area contributed by atoms with Gasteiger partial charge in [-0.25, -0.2) is 0 Å². The van der Waals surface area contributed by atoms with Gasteiger partial charge in [-0.1, -0.05) is 24.6 Å². The van der Waals surface area contributed by atoms with Gasteiger partial charge in [0.2, 0.25) is 0 Å². The first-order valence-corrected chi connectivity index (χ1v) is 8.77. The topological polar surface area (TPSA) is 12.0 Å². The summed E-state index contributed by atoms with van der Waals surface area (Å²) in [5.74, 6) is 0. The normalized spacial score (nSPS) is 12.7. The Hall–Kier alpha value is -0.350. The van der Waals surface area contributed by atoms with E-state index in [9.17, 15) is 0 Å². The highest BCUT2D eigenvalue weighted by molar-refractivity contribution is 9.11. The molecule has 0 spiro atoms. The molecule has 2 rings (SSSR count). The van der Waals surface area contributed by atoms with Gasteiger partial charge in [-0.15, -0.1) is 11.3 Å². The van der Waals surface area contributed by atoms with Crippen LogP contribution in [0.25, 0.3) is 0 Å². The molecule has 2 aromatic rings. The van der Waals surface area contributed by atoms with Crippen LogP contribution in [0.2, 0.25) is 5.02 Å². The van der Waals surface area contributed by atoms with E-state index in [-0.39, 0.29) is 6.04 Å². The second-order valence-electron chi connectivity index (χ2n) is 4.95. The maximum Gasteiger partial charge on any atom is 0.0704 e. The molecule has 0 bridgehead atoms. The van der Waals surface area contributed by atoms with Gasteiger partial charge in [0.1, 0.15) is 0 Å². The molecule has 0 aliphatic rings. The SMILES string of the molecule is CCCNC(c1cc(Cl)ccc1C)c1cc(Br)sc1C. The molecule has 1 aromatic carbocycles. The third-order valence-corrected chi connectivity index (χ3v) is 5.19. The smallest absolute Gasteiger partial charge is 0.0704 e. The Morgan fingerprint density at radius 3 is 2.60 bits per heavy atom. The second-order valence-corrected chi connectivity index (χ2v) is 8.02. The molecular weight excluding hydrogens is 354 g/mol. The molecule has 1 aromatic heterocycles. The van der Waals surface area contributed by atoms with Crippen molar-refractivity contribution in [1.29, 1.82) is 0 Å². The van der Waals surface area contributed by atoms with E-state index in [0.717, 1.165) is 18.0 Å². The first kappa shape index (κ1) is 16.0. The summed E-state index contributed by atoms with van der Waals surface area (Å²) in [4.78, 5) is 1.34. The van der Waals surface area contributed by atoms with Gasteiger partial charge in [0, 0.05) is 9.90 Å². The molecule has 0 fully saturated rings. The van der Waals surface area contributed by atoms with Crippen molar-refractivity contribution in [3.8, 4) is 0 Å². The van der Waals surface area contributed by atoms with Crippen molar-refractivity contribution in [2.75, 3.05) is 6.54 Å². The summed E-state index contributed by atoms with van der Waals surface area (Å²) in [6.45, 7) is 7.49. The zero-order chi connectivity index (χ0) is 14.7. The van der Waals surface area contributed by atoms with Crippen LogP contribution in [0, 0.1) is 13.8 Å². The van der Waals surface area contributed by atoms with Gasteiger partial charge >= 0.3 is 0 Å². The lowest BCUT2D eigenvalue weighted by Gasteiger charge is -2.21. The molecular formula is C16H19BrClNS. The average Bonchev–Trinajstić information content (AvgIpc) is 2.73. The largest absolute Gasteiger partial charge is 0.306 e. The van der Waals surface area contributed by atoms with Crippen LogP contribution in [-0.4, -0.2) is 6.54 Å². The van der Waals surface area contributed by atoms with Crippen LogP contribution in [0.4, 0.5) is 0 Å². The van der Waals surface area contributed by atoms with E-state index in [4.69, 9.17) is 11.6 Å². The molecule has 0 saturated carbocycles. The van der Waals surface area contributed by atoms with Crippen LogP contribution in [0.1, 0.15) is 41.0 Å². The van der Waals surface area contributed by atoms with Crippen molar-refractivity contribution in [3.63, 3.8) is 0 Å². The minimum atomic E-state index is 0.205. The highest BCUT2D eigenvalue weighted by atomic mass is 79.9. The number of rotatable bonds is 5. The highest BCUT2D eigenvalue weighted by Crippen LogP contribution is 2.35. The lowest BCUT2D eigenvalue weighted by molar-refractivity contribution is 0.596. The Morgan fingerprint density at radius 2 is 2.00 bits per heavy atom. The first-order valence-electron chi connectivity index (χ1n) is 6.78. The highest BCUT2D eigenvalue weighted by Gasteiger charge is 2.19. The van der Waals surface area contributed by atoms with Crippen molar-refractivity contribution >= 4 is 38.9 Å². The summed E-state index contributed by atoms with van der Waals surface area (Å²) >= 11 is 11.6. The van der Waals surface area contributed by atoms with E-state index < -0.39 is 0 Å². The van der Waals surface area contributed by atoms with Crippen molar-refractivity contribution in [3.05, 3.63) is 54.6 Å². The minimum absolute atomic E-state index is 0.205. The number of thiophene rings is 1. The van der Waals surface area contributed by atoms with E-state index in [1.54, 1.807) is 11.3 Å². The Bertz CT molecular complexity index is 594. The zero-order valence-corrected chi connectivity index (χ0v) is 15.1. The Balaban J connectivity index is 2.46. The third kappa shape index (κ3) is 3.64. The minimum Gasteiger partial charge on any atom is -0.306 e. The molecule has 1 heterocycles. The van der Waals surface area contributed by atoms with E-state index in [1.807, 2.05) is 6.07 Å². The summed E-state index contributed by atoms with van der Waals surface area (Å²) in [6.07, 6.45) is 1.11. The molecule has 0 aliphatic heterocycles. The lowest BCUT2D eigenvalue weighted by atomic mass is 9.95. The van der Waals surface area contributed by atoms with Crippen LogP contribution in [0.15, 0.2) is 28.1 Å². The molecule has 0 aliphatic carbocycles. The number of benzene rings is 1. The van der Waals surface area contributed by atoms with Crippen molar-refractivity contribution < 1.29 is 0 Å². The van der Waals surface area contributed by atoms with Gasteiger partial charge in [-0.2, -0.15) is 0 Å². The Morgan fingerprint density at radius 1 is 1.25 bits per heavy atom. The van der Waals surface area contributed by atoms with Gasteiger partial charge < -0.3 is 5.32 Å². The number of hydrogen-bond donors (Lipinski definition) is 1. The summed E-state index contributed by atoms with van der Waals surface area (Å²) in [5.41, 5.74) is 3.87. The van der Waals surface area contributed by atoms with Gasteiger partial charge in [-0.05, 0) is 77.6 Å². The van der Waals surface area contributed by atoms with E-state index in [2.05, 4.69) is 60.2 Å².